The van der Waals surface area contributed by atoms with Gasteiger partial charge in [0.15, 0.2) is 53.7 Å². The molecule has 52 heteroatoms. The second-order valence-electron chi connectivity index (χ2n) is 35.1. The molecule has 2 fully saturated rings. The summed E-state index contributed by atoms with van der Waals surface area (Å²) in [6.07, 6.45) is -6.72. The lowest BCUT2D eigenvalue weighted by Gasteiger charge is -2.57. The van der Waals surface area contributed by atoms with Gasteiger partial charge < -0.3 is 174 Å². The lowest BCUT2D eigenvalue weighted by molar-refractivity contribution is -0.304. The fourth-order valence-corrected chi connectivity index (χ4v) is 19.1. The summed E-state index contributed by atoms with van der Waals surface area (Å²) in [7, 11) is 4.56. The van der Waals surface area contributed by atoms with E-state index in [1.807, 2.05) is 12.1 Å². The minimum Gasteiger partial charge on any atom is -0.508 e. The third kappa shape index (κ3) is 33.5. The maximum absolute atomic E-state index is 14.7. The molecule has 0 aromatic heterocycles. The van der Waals surface area contributed by atoms with Gasteiger partial charge in [-0.3, -0.25) is 79.8 Å². The van der Waals surface area contributed by atoms with Crippen LogP contribution in [-0.2, 0) is 91.7 Å². The highest BCUT2D eigenvalue weighted by Gasteiger charge is 2.65. The van der Waals surface area contributed by atoms with Crippen LogP contribution in [0.5, 0.6) is 17.2 Å². The van der Waals surface area contributed by atoms with E-state index in [1.165, 1.54) is 45.9 Å². The van der Waals surface area contributed by atoms with Crippen molar-refractivity contribution in [3.05, 3.63) is 101 Å². The molecule has 2 saturated heterocycles. The number of ether oxygens (including phenoxy) is 3. The van der Waals surface area contributed by atoms with Crippen molar-refractivity contribution in [2.75, 3.05) is 77.6 Å². The normalized spacial score (nSPS) is 21.2. The quantitative estimate of drug-likeness (QED) is 0.00821. The van der Waals surface area contributed by atoms with E-state index in [0.29, 0.717) is 17.7 Å². The Labute approximate surface area is 815 Å². The molecule has 0 radical (unpaired) electrons. The molecule has 2 aliphatic carbocycles. The molecule has 3 aromatic carbocycles. The van der Waals surface area contributed by atoms with Crippen LogP contribution in [0.25, 0.3) is 0 Å². The molecule has 0 saturated carbocycles. The molecule has 3 heterocycles. The molecule has 20 atom stereocenters. The molecule has 140 heavy (non-hydrogen) atoms. The van der Waals surface area contributed by atoms with Crippen LogP contribution in [0, 0.1) is 38.9 Å². The Balaban J connectivity index is 0.894. The lowest BCUT2D eigenvalue weighted by Crippen LogP contribution is -2.66. The zero-order chi connectivity index (χ0) is 103. The second kappa shape index (κ2) is 55.2. The number of amides is 11. The number of benzene rings is 3. The number of aliphatic hydroxyl groups is 5. The fourth-order valence-electron chi connectivity index (χ4n) is 17.2. The van der Waals surface area contributed by atoms with E-state index in [4.69, 9.17) is 69.9 Å². The van der Waals surface area contributed by atoms with Gasteiger partial charge in [0.25, 0.3) is 5.91 Å². The number of phenolic OH excluding ortho intramolecular Hbond substituents is 2. The number of nitrogens with two attached hydrogens (primary N) is 5. The zero-order valence-electron chi connectivity index (χ0n) is 78.0. The number of aromatic hydroxyl groups is 2. The molecule has 772 valence electrons. The monoisotopic (exact) mass is 2000 g/mol. The van der Waals surface area contributed by atoms with E-state index in [-0.39, 0.29) is 169 Å². The number of aliphatic hydroxyl groups excluding tert-OH is 5. The van der Waals surface area contributed by atoms with E-state index in [0.717, 1.165) is 24.1 Å². The molecule has 0 unspecified atom stereocenters. The van der Waals surface area contributed by atoms with Crippen LogP contribution in [0.15, 0.2) is 78.9 Å². The number of carbonyl (C=O) groups is 12. The molecule has 1 spiro atoms. The average molecular weight is 2000 g/mol. The smallest absolute Gasteiger partial charge is 0.326 e. The average Bonchev–Trinajstić information content (AvgIpc) is 1.50. The van der Waals surface area contributed by atoms with Crippen molar-refractivity contribution in [3.8, 4) is 17.2 Å². The topological polar surface area (TPSA) is 839 Å². The number of phenols is 2. The Hall–Kier alpha value is -12.8. The Morgan fingerprint density at radius 1 is 0.493 bits per heavy atom. The van der Waals surface area contributed by atoms with Crippen molar-refractivity contribution in [2.45, 2.75) is 231 Å². The highest BCUT2D eigenvalue weighted by Crippen LogP contribution is 2.63. The standard InChI is InChI=1S/C88H135N27O23S2/c1-44(2)38-55(110-74(127)53(17-10-32-103-86(95)96)106-71(124)50(14-7-29-100-83(89)90)105-63(120)27-36-139-140-37-34-99-80(133)69-66(122)65(121)67(123)82(138-69)136-62-26-24-49-60-41-47-21-25-61(119)68-64(47)88(49,70(62)137-68)28-35-115(60)3)76(129)113-59(43-117)79(132)111-56(39-46-19-22-48(118)23-20-46)77(130)114-58(42-116)78(131)109-52(16-9-31-102-85(93)94)73(126)107-51(15-8-30-101-84(91)92)72(125)108-54(18-11-33-104-87(97)98)75(128)112-57(81(134)135)40-45-12-5-4-6-13-45/h4-6,12-13,19-26,44,49-60,62,65-67,69-70,82,116-119,121-123H,7-11,14-18,27-43H2,1-3H3,(H,99,133)(H,105,120)(H,106,124)(H,107,126)(H,108,125)(H,109,131)(H,110,127)(H,111,132)(H,112,128)(H,113,129)(H,114,130)(H,134,135)(H4,89,90,100)(H4,91,92,101)(H4,93,94,102)(H4,95,96,103)(H4,97,98,104)/t49-,50-,51-,52-,53-,54-,55-,56-,57-,58-,59-,60+,62-,65-,66-,67+,69-,70-,82+,88-/m0/s1. The van der Waals surface area contributed by atoms with Crippen LogP contribution in [-0.4, -0.2) is 333 Å². The van der Waals surface area contributed by atoms with Gasteiger partial charge in [0.2, 0.25) is 59.1 Å². The lowest BCUT2D eigenvalue weighted by atomic mass is 9.53. The molecule has 50 nitrogen and oxygen atoms in total. The fraction of sp³-hybridized carbons (Fsp3) is 0.580. The summed E-state index contributed by atoms with van der Waals surface area (Å²) in [5.41, 5.74) is 29.8. The summed E-state index contributed by atoms with van der Waals surface area (Å²) in [5, 5.41) is 166. The maximum atomic E-state index is 14.7. The van der Waals surface area contributed by atoms with Crippen LogP contribution in [0.2, 0.25) is 0 Å². The van der Waals surface area contributed by atoms with Crippen LogP contribution in [0.4, 0.5) is 0 Å². The Bertz CT molecular complexity index is 4830. The summed E-state index contributed by atoms with van der Waals surface area (Å²) >= 11 is 0. The van der Waals surface area contributed by atoms with Crippen LogP contribution >= 0.6 is 21.6 Å². The summed E-state index contributed by atoms with van der Waals surface area (Å²) in [5.74, 6) is -14.3. The van der Waals surface area contributed by atoms with Crippen molar-refractivity contribution in [1.29, 1.82) is 27.0 Å². The van der Waals surface area contributed by atoms with Gasteiger partial charge in [0, 0.05) is 93.0 Å². The first-order chi connectivity index (χ1) is 66.6. The van der Waals surface area contributed by atoms with E-state index >= 15 is 0 Å². The molecular weight excluding hydrogens is 1870 g/mol. The Morgan fingerprint density at radius 2 is 0.907 bits per heavy atom. The highest BCUT2D eigenvalue weighted by atomic mass is 33.1. The third-order valence-corrected chi connectivity index (χ3v) is 26.6. The number of likely N-dealkylation sites (N-methyl/N-ethyl adjacent to an activating group) is 1. The van der Waals surface area contributed by atoms with Gasteiger partial charge in [-0.05, 0) is 138 Å². The Kier molecular flexibility index (Phi) is 44.4. The van der Waals surface area contributed by atoms with Crippen LogP contribution in [0.3, 0.4) is 0 Å². The van der Waals surface area contributed by atoms with E-state index < -0.39 is 229 Å². The predicted octanol–water partition coefficient (Wildman–Crippen LogP) is -7.61. The van der Waals surface area contributed by atoms with Crippen molar-refractivity contribution in [3.63, 3.8) is 0 Å². The first kappa shape index (κ1) is 112. The molecule has 8 rings (SSSR count). The summed E-state index contributed by atoms with van der Waals surface area (Å²) in [6.45, 7) is 1.79. The number of carboxylic acid groups (broad SMARTS) is 1. The summed E-state index contributed by atoms with van der Waals surface area (Å²) in [4.78, 5) is 173. The summed E-state index contributed by atoms with van der Waals surface area (Å²) < 4.78 is 18.9. The van der Waals surface area contributed by atoms with Crippen molar-refractivity contribution in [2.24, 2.45) is 40.5 Å². The molecule has 39 N–H and O–H groups in total. The maximum Gasteiger partial charge on any atom is 0.326 e. The van der Waals surface area contributed by atoms with Gasteiger partial charge in [-0.1, -0.05) is 96.1 Å². The highest BCUT2D eigenvalue weighted by molar-refractivity contribution is 8.76. The van der Waals surface area contributed by atoms with Crippen molar-refractivity contribution in [1.82, 2.24) is 90.0 Å². The molecule has 2 bridgehead atoms. The molecule has 3 aliphatic heterocycles. The number of nitrogens with zero attached hydrogens (tertiary/aromatic N) is 1. The number of likely N-dealkylation sites (tertiary alicyclic amines) is 1. The van der Waals surface area contributed by atoms with Gasteiger partial charge in [0.05, 0.1) is 13.2 Å². The number of nitrogens with one attached hydrogen (secondary N) is 21. The number of hydrogen-bond donors (Lipinski definition) is 34. The summed E-state index contributed by atoms with van der Waals surface area (Å²) in [6, 6.07) is 0.963. The number of rotatable bonds is 58. The van der Waals surface area contributed by atoms with Gasteiger partial charge in [0.1, 0.15) is 96.7 Å². The van der Waals surface area contributed by atoms with Gasteiger partial charge in [-0.25, -0.2) is 4.79 Å². The van der Waals surface area contributed by atoms with Crippen molar-refractivity contribution >= 4 is 122 Å². The number of hydrogen-bond acceptors (Lipinski definition) is 30. The minimum atomic E-state index is -1.97. The number of carboxylic acids is 1. The van der Waals surface area contributed by atoms with Crippen LogP contribution < -0.4 is 118 Å². The molecular formula is C88H135N27O23S2. The minimum absolute atomic E-state index is 0.00329. The zero-order valence-corrected chi connectivity index (χ0v) is 79.6. The number of aliphatic carboxylic acids is 1. The predicted molar refractivity (Wildman–Crippen MR) is 514 cm³/mol. The van der Waals surface area contributed by atoms with Gasteiger partial charge in [-0.2, -0.15) is 0 Å². The Morgan fingerprint density at radius 3 is 1.37 bits per heavy atom. The van der Waals surface area contributed by atoms with Crippen molar-refractivity contribution < 1.29 is 113 Å². The molecule has 11 amide bonds. The number of piperidine rings is 1. The number of carbonyl (C=O) groups excluding carboxylic acids is 11. The number of guanidine groups is 5. The van der Waals surface area contributed by atoms with Crippen LogP contribution in [0.1, 0.15) is 120 Å². The second-order valence-corrected chi connectivity index (χ2v) is 37.8. The van der Waals surface area contributed by atoms with Gasteiger partial charge >= 0.3 is 5.97 Å². The van der Waals surface area contributed by atoms with E-state index in [2.05, 4.69) is 103 Å². The first-order valence-electron chi connectivity index (χ1n) is 46.1. The van der Waals surface area contributed by atoms with E-state index in [9.17, 15) is 98.4 Å². The SMILES string of the molecule is CC(C)C[C@H](NC(=O)[C@H](CCCNC(=N)N)NC(=O)[C@H](CCCNC(=N)N)NC(=O)CCSSCCNC(=O)[C@H]1O[C@@H](O[C@H]2C=C[C@H]3[C@H]4Cc5ccc(O)c6c5[C@@]3(CCN4C)[C@H]2O6)[C@H](O)[C@@H](O)[C@@H]1O)C(=O)N[C@@H](CO)C(=O)N[C@@H](Cc1ccc(O)cc1)C(=O)N[C@@H](CO)C(=O)N[C@@H](CCCNC(=N)N)C(=O)N[C@@H](CCCNC(=N)N)C(=O)N[C@@H](CCCNC(=N)N)C(=O)N[C@@H](Cc1ccccc1)C(=O)O. The van der Waals surface area contributed by atoms with Gasteiger partial charge in [-0.15, -0.1) is 0 Å². The molecule has 5 aliphatic rings. The third-order valence-electron chi connectivity index (χ3n) is 24.2. The largest absolute Gasteiger partial charge is 0.508 e. The molecule has 3 aromatic rings. The van der Waals surface area contributed by atoms with E-state index in [1.54, 1.807) is 50.2 Å². The first-order valence-corrected chi connectivity index (χ1v) is 48.6.